The van der Waals surface area contributed by atoms with Crippen LogP contribution >= 0.6 is 0 Å². The van der Waals surface area contributed by atoms with Crippen LogP contribution in [-0.2, 0) is 0 Å². The second-order valence-corrected chi connectivity index (χ2v) is 10.5. The zero-order valence-corrected chi connectivity index (χ0v) is 21.7. The zero-order valence-electron chi connectivity index (χ0n) is 21.7. The molecule has 0 saturated heterocycles. The topological polar surface area (TPSA) is 76.1 Å². The third-order valence-electron chi connectivity index (χ3n) is 8.31. The highest BCUT2D eigenvalue weighted by molar-refractivity contribution is 6.09. The molecule has 0 spiro atoms. The van der Waals surface area contributed by atoms with E-state index < -0.39 is 4.81 Å². The first-order valence-corrected chi connectivity index (χ1v) is 13.4. The molecule has 1 aliphatic rings. The maximum absolute atomic E-state index is 11.3. The maximum atomic E-state index is 11.3. The number of hydrogen-bond acceptors (Lipinski definition) is 4. The molecule has 0 aliphatic carbocycles. The molecule has 9 rings (SSSR count). The largest absolute Gasteiger partial charge is 0.294 e. The fourth-order valence-corrected chi connectivity index (χ4v) is 6.55. The Morgan fingerprint density at radius 3 is 1.41 bits per heavy atom. The first-order valence-electron chi connectivity index (χ1n) is 13.4. The summed E-state index contributed by atoms with van der Waals surface area (Å²) in [5.41, 5.74) is 7.87. The summed E-state index contributed by atoms with van der Waals surface area (Å²) < 4.78 is 4.26. The predicted molar refractivity (Wildman–Crippen MR) is 161 cm³/mol. The Labute approximate surface area is 233 Å². The van der Waals surface area contributed by atoms with Gasteiger partial charge in [0.2, 0.25) is 11.4 Å². The van der Waals surface area contributed by atoms with Crippen LogP contribution in [0.1, 0.15) is 0 Å². The van der Waals surface area contributed by atoms with Gasteiger partial charge in [-0.25, -0.2) is 9.97 Å². The van der Waals surface area contributed by atoms with Crippen molar-refractivity contribution in [2.45, 2.75) is 0 Å². The minimum absolute atomic E-state index is 0.398. The van der Waals surface area contributed by atoms with Crippen LogP contribution in [-0.4, -0.2) is 29.5 Å². The first-order chi connectivity index (χ1) is 20.1. The number of rotatable bonds is 2. The molecule has 5 heterocycles. The first kappa shape index (κ1) is 22.5. The van der Waals surface area contributed by atoms with Crippen LogP contribution in [0.25, 0.3) is 66.4 Å². The third-order valence-corrected chi connectivity index (χ3v) is 8.31. The van der Waals surface area contributed by atoms with Crippen molar-refractivity contribution in [3.05, 3.63) is 122 Å². The molecule has 4 aromatic carbocycles. The molecule has 41 heavy (non-hydrogen) atoms. The highest BCUT2D eigenvalue weighted by Crippen LogP contribution is 2.52. The number of aromatic nitrogens is 4. The third kappa shape index (κ3) is 2.91. The smallest absolute Gasteiger partial charge is 0.213 e. The van der Waals surface area contributed by atoms with E-state index in [4.69, 9.17) is 9.97 Å². The molecule has 194 valence electrons. The molecular weight excluding hydrogens is 510 g/mol. The highest BCUT2D eigenvalue weighted by Gasteiger charge is 2.44. The monoisotopic (exact) mass is 532 g/mol. The number of pyridine rings is 2. The Morgan fingerprint density at radius 1 is 0.488 bits per heavy atom. The Kier molecular flexibility index (Phi) is 4.31. The number of quaternary nitrogens is 1. The van der Waals surface area contributed by atoms with Gasteiger partial charge in [0.25, 0.3) is 0 Å². The van der Waals surface area contributed by atoms with E-state index in [0.29, 0.717) is 11.4 Å². The normalized spacial score (nSPS) is 13.8. The molecule has 2 N–H and O–H groups in total. The molecule has 0 fully saturated rings. The number of fused-ring (bicyclic) bond motifs is 9. The summed E-state index contributed by atoms with van der Waals surface area (Å²) in [7, 11) is 0. The van der Waals surface area contributed by atoms with Gasteiger partial charge in [0.05, 0.1) is 22.2 Å². The summed E-state index contributed by atoms with van der Waals surface area (Å²) in [4.78, 5) is 8.13. The number of hydrogen-bond donors (Lipinski definition) is 2. The summed E-state index contributed by atoms with van der Waals surface area (Å²) in [5, 5.41) is 26.9. The van der Waals surface area contributed by atoms with Gasteiger partial charge in [-0.1, -0.05) is 36.4 Å². The SMILES string of the molecule is O[N+]1(O)c2ccc(-n3c4ccccc4c4cccnc43)cc2-c2cc(-n3c4ccccc4c4cccnc43)ccc21. The van der Waals surface area contributed by atoms with E-state index in [1.165, 1.54) is 0 Å². The summed E-state index contributed by atoms with van der Waals surface area (Å²) >= 11 is 0. The van der Waals surface area contributed by atoms with Crippen LogP contribution in [0.2, 0.25) is 0 Å². The van der Waals surface area contributed by atoms with Crippen LogP contribution in [0.3, 0.4) is 0 Å². The van der Waals surface area contributed by atoms with Gasteiger partial charge in [0.1, 0.15) is 11.3 Å². The molecule has 0 radical (unpaired) electrons. The Hall–Kier alpha value is -5.34. The minimum atomic E-state index is -1.30. The van der Waals surface area contributed by atoms with Gasteiger partial charge in [-0.05, 0) is 60.7 Å². The molecule has 7 nitrogen and oxygen atoms in total. The second-order valence-electron chi connectivity index (χ2n) is 10.5. The van der Waals surface area contributed by atoms with Crippen molar-refractivity contribution in [2.24, 2.45) is 0 Å². The lowest BCUT2D eigenvalue weighted by atomic mass is 10.0. The molecule has 8 aromatic rings. The van der Waals surface area contributed by atoms with E-state index in [1.807, 2.05) is 60.7 Å². The van der Waals surface area contributed by atoms with Gasteiger partial charge in [-0.3, -0.25) is 9.13 Å². The zero-order chi connectivity index (χ0) is 27.3. The van der Waals surface area contributed by atoms with E-state index in [2.05, 4.69) is 45.5 Å². The second kappa shape index (κ2) is 7.87. The summed E-state index contributed by atoms with van der Waals surface area (Å²) in [6.45, 7) is 0. The minimum Gasteiger partial charge on any atom is -0.294 e. The Bertz CT molecular complexity index is 2090. The Balaban J connectivity index is 1.31. The molecular formula is C34H22N5O2+. The molecule has 7 heteroatoms. The fourth-order valence-electron chi connectivity index (χ4n) is 6.55. The number of para-hydroxylation sites is 2. The van der Waals surface area contributed by atoms with Gasteiger partial charge >= 0.3 is 0 Å². The fraction of sp³-hybridized carbons (Fsp3) is 0. The average molecular weight is 533 g/mol. The highest BCUT2D eigenvalue weighted by atomic mass is 16.8. The maximum Gasteiger partial charge on any atom is 0.213 e. The van der Waals surface area contributed by atoms with Crippen LogP contribution in [0, 0.1) is 0 Å². The van der Waals surface area contributed by atoms with Gasteiger partial charge in [-0.2, -0.15) is 10.4 Å². The van der Waals surface area contributed by atoms with Gasteiger partial charge < -0.3 is 0 Å². The van der Waals surface area contributed by atoms with E-state index in [9.17, 15) is 10.4 Å². The molecule has 0 bridgehead atoms. The predicted octanol–water partition coefficient (Wildman–Crippen LogP) is 8.07. The standard InChI is InChI=1S/C34H22N5O2/c40-39(41)31-15-13-21(37-29-11-3-1-7-23(29)25-9-5-17-35-33(25)37)19-27(31)28-20-22(14-16-32(28)39)38-30-12-4-2-8-24(30)26-10-6-18-36-34(26)38/h1-20,40-41H/q+1. The van der Waals surface area contributed by atoms with E-state index >= 15 is 0 Å². The number of benzene rings is 4. The van der Waals surface area contributed by atoms with E-state index in [1.54, 1.807) is 24.5 Å². The van der Waals surface area contributed by atoms with Crippen molar-refractivity contribution >= 4 is 55.2 Å². The van der Waals surface area contributed by atoms with Crippen molar-refractivity contribution in [1.82, 2.24) is 23.9 Å². The molecule has 0 atom stereocenters. The van der Waals surface area contributed by atoms with Crippen molar-refractivity contribution in [2.75, 3.05) is 0 Å². The van der Waals surface area contributed by atoms with Crippen LogP contribution in [0.15, 0.2) is 122 Å². The molecule has 0 unspecified atom stereocenters. The Morgan fingerprint density at radius 2 is 0.927 bits per heavy atom. The van der Waals surface area contributed by atoms with Crippen molar-refractivity contribution in [1.29, 1.82) is 0 Å². The molecule has 0 saturated carbocycles. The molecule has 1 aliphatic heterocycles. The lowest BCUT2D eigenvalue weighted by Gasteiger charge is -2.16. The molecule has 4 aromatic heterocycles. The van der Waals surface area contributed by atoms with Crippen LogP contribution in [0.4, 0.5) is 11.4 Å². The quantitative estimate of drug-likeness (QED) is 0.221. The van der Waals surface area contributed by atoms with E-state index in [0.717, 1.165) is 66.4 Å². The lowest BCUT2D eigenvalue weighted by Crippen LogP contribution is -2.33. The number of nitrogens with zero attached hydrogens (tertiary/aromatic N) is 5. The van der Waals surface area contributed by atoms with Crippen molar-refractivity contribution in [3.8, 4) is 22.5 Å². The summed E-state index contributed by atoms with van der Waals surface area (Å²) in [5.74, 6) is 0. The van der Waals surface area contributed by atoms with Crippen molar-refractivity contribution in [3.63, 3.8) is 0 Å². The van der Waals surface area contributed by atoms with Gasteiger partial charge in [0, 0.05) is 62.3 Å². The molecule has 0 amide bonds. The van der Waals surface area contributed by atoms with Crippen LogP contribution < -0.4 is 4.81 Å². The van der Waals surface area contributed by atoms with Crippen molar-refractivity contribution < 1.29 is 10.4 Å². The summed E-state index contributed by atoms with van der Waals surface area (Å²) in [6, 6.07) is 36.0. The lowest BCUT2D eigenvalue weighted by molar-refractivity contribution is -0.242. The summed E-state index contributed by atoms with van der Waals surface area (Å²) in [6.07, 6.45) is 3.60. The van der Waals surface area contributed by atoms with E-state index in [-0.39, 0.29) is 0 Å². The van der Waals surface area contributed by atoms with Gasteiger partial charge in [-0.15, -0.1) is 0 Å². The average Bonchev–Trinajstić information content (AvgIpc) is 3.61. The van der Waals surface area contributed by atoms with Gasteiger partial charge in [0.15, 0.2) is 0 Å². The van der Waals surface area contributed by atoms with Crippen LogP contribution in [0.5, 0.6) is 0 Å².